The summed E-state index contributed by atoms with van der Waals surface area (Å²) in [5, 5.41) is 0. The fourth-order valence-corrected chi connectivity index (χ4v) is 4.35. The first-order valence-corrected chi connectivity index (χ1v) is 10.5. The Morgan fingerprint density at radius 2 is 1.71 bits per heavy atom. The average molecular weight is 415 g/mol. The molecule has 1 aliphatic rings. The van der Waals surface area contributed by atoms with Crippen LogP contribution in [0.25, 0.3) is 11.2 Å². The zero-order valence-corrected chi connectivity index (χ0v) is 17.9. The summed E-state index contributed by atoms with van der Waals surface area (Å²) in [6, 6.07) is 17.9. The summed E-state index contributed by atoms with van der Waals surface area (Å²) in [7, 11) is 1.69. The highest BCUT2D eigenvalue weighted by atomic mass is 16.2. The predicted octanol–water partition coefficient (Wildman–Crippen LogP) is 3.04. The number of benzene rings is 2. The van der Waals surface area contributed by atoms with Gasteiger partial charge in [-0.15, -0.1) is 0 Å². The number of anilines is 2. The molecule has 5 rings (SSSR count). The molecule has 158 valence electrons. The summed E-state index contributed by atoms with van der Waals surface area (Å²) in [5.41, 5.74) is 3.35. The standard InChI is InChI=1S/C24H25N5O2/c1-16-9-11-18(12-10-16)15-29-22(30)20-21(26(3)24(29)31)25-23-27(13-17(2)14-28(20)23)19-7-5-4-6-8-19/h4-12,17H,13-15H2,1-3H3. The highest BCUT2D eigenvalue weighted by Crippen LogP contribution is 2.32. The number of aromatic nitrogens is 4. The van der Waals surface area contributed by atoms with Gasteiger partial charge in [-0.25, -0.2) is 4.79 Å². The van der Waals surface area contributed by atoms with Crippen LogP contribution in [0.4, 0.5) is 11.6 Å². The van der Waals surface area contributed by atoms with Crippen LogP contribution < -0.4 is 16.1 Å². The minimum Gasteiger partial charge on any atom is -0.312 e. The highest BCUT2D eigenvalue weighted by Gasteiger charge is 2.29. The Morgan fingerprint density at radius 1 is 1.00 bits per heavy atom. The normalized spacial score (nSPS) is 16.0. The largest absolute Gasteiger partial charge is 0.332 e. The molecule has 3 heterocycles. The van der Waals surface area contributed by atoms with Gasteiger partial charge in [-0.1, -0.05) is 55.0 Å². The van der Waals surface area contributed by atoms with Crippen molar-refractivity contribution < 1.29 is 0 Å². The Hall–Kier alpha value is -3.61. The van der Waals surface area contributed by atoms with Crippen LogP contribution in [0.2, 0.25) is 0 Å². The monoisotopic (exact) mass is 415 g/mol. The van der Waals surface area contributed by atoms with Crippen molar-refractivity contribution in [2.75, 3.05) is 11.4 Å². The Bertz CT molecular complexity index is 1380. The van der Waals surface area contributed by atoms with Gasteiger partial charge < -0.3 is 9.47 Å². The number of aryl methyl sites for hydroxylation is 2. The first kappa shape index (κ1) is 19.4. The number of fused-ring (bicyclic) bond motifs is 3. The summed E-state index contributed by atoms with van der Waals surface area (Å²) < 4.78 is 4.78. The third-order valence-electron chi connectivity index (χ3n) is 5.97. The van der Waals surface area contributed by atoms with Gasteiger partial charge in [0.05, 0.1) is 6.54 Å². The maximum Gasteiger partial charge on any atom is 0.332 e. The molecule has 0 bridgehead atoms. The first-order chi connectivity index (χ1) is 14.9. The van der Waals surface area contributed by atoms with Crippen LogP contribution in [-0.2, 0) is 20.1 Å². The third kappa shape index (κ3) is 3.17. The van der Waals surface area contributed by atoms with E-state index in [0.29, 0.717) is 29.6 Å². The molecule has 1 aliphatic heterocycles. The molecule has 0 amide bonds. The predicted molar refractivity (Wildman–Crippen MR) is 122 cm³/mol. The highest BCUT2D eigenvalue weighted by molar-refractivity contribution is 5.77. The fourth-order valence-electron chi connectivity index (χ4n) is 4.35. The molecule has 0 N–H and O–H groups in total. The smallest absolute Gasteiger partial charge is 0.312 e. The van der Waals surface area contributed by atoms with Gasteiger partial charge in [0.2, 0.25) is 5.95 Å². The van der Waals surface area contributed by atoms with Crippen LogP contribution in [-0.4, -0.2) is 25.2 Å². The molecular formula is C24H25N5O2. The first-order valence-electron chi connectivity index (χ1n) is 10.5. The minimum absolute atomic E-state index is 0.236. The van der Waals surface area contributed by atoms with Crippen LogP contribution in [0.1, 0.15) is 18.1 Å². The number of imidazole rings is 1. The van der Waals surface area contributed by atoms with Crippen LogP contribution in [0.3, 0.4) is 0 Å². The molecule has 7 heteroatoms. The lowest BCUT2D eigenvalue weighted by molar-refractivity contribution is 0.458. The van der Waals surface area contributed by atoms with Crippen LogP contribution in [0, 0.1) is 12.8 Å². The molecule has 0 radical (unpaired) electrons. The van der Waals surface area contributed by atoms with E-state index in [1.165, 1.54) is 9.13 Å². The van der Waals surface area contributed by atoms with E-state index < -0.39 is 0 Å². The van der Waals surface area contributed by atoms with Crippen molar-refractivity contribution >= 4 is 22.8 Å². The summed E-state index contributed by atoms with van der Waals surface area (Å²) in [6.45, 7) is 5.91. The SMILES string of the molecule is Cc1ccc(Cn2c(=O)c3c(nc4n3CC(C)CN4c3ccccc3)n(C)c2=O)cc1. The molecule has 0 saturated carbocycles. The Kier molecular flexibility index (Phi) is 4.54. The van der Waals surface area contributed by atoms with E-state index in [9.17, 15) is 9.59 Å². The Balaban J connectivity index is 1.72. The fraction of sp³-hybridized carbons (Fsp3) is 0.292. The second-order valence-electron chi connectivity index (χ2n) is 8.46. The van der Waals surface area contributed by atoms with E-state index in [1.54, 1.807) is 7.05 Å². The van der Waals surface area contributed by atoms with Crippen molar-refractivity contribution in [3.05, 3.63) is 86.6 Å². The molecule has 0 aliphatic carbocycles. The lowest BCUT2D eigenvalue weighted by Crippen LogP contribution is -2.40. The Morgan fingerprint density at radius 3 is 2.42 bits per heavy atom. The van der Waals surface area contributed by atoms with Crippen molar-refractivity contribution in [3.63, 3.8) is 0 Å². The molecule has 31 heavy (non-hydrogen) atoms. The number of hydrogen-bond donors (Lipinski definition) is 0. The second kappa shape index (κ2) is 7.27. The van der Waals surface area contributed by atoms with E-state index >= 15 is 0 Å². The van der Waals surface area contributed by atoms with E-state index in [0.717, 1.165) is 23.4 Å². The van der Waals surface area contributed by atoms with Crippen LogP contribution in [0.15, 0.2) is 64.2 Å². The molecule has 2 aromatic heterocycles. The van der Waals surface area contributed by atoms with Crippen molar-refractivity contribution in [2.45, 2.75) is 26.9 Å². The van der Waals surface area contributed by atoms with Crippen molar-refractivity contribution in [3.8, 4) is 0 Å². The van der Waals surface area contributed by atoms with Crippen molar-refractivity contribution in [2.24, 2.45) is 13.0 Å². The molecular weight excluding hydrogens is 390 g/mol. The van der Waals surface area contributed by atoms with Crippen LogP contribution in [0.5, 0.6) is 0 Å². The number of para-hydroxylation sites is 1. The average Bonchev–Trinajstić information content (AvgIpc) is 3.16. The van der Waals surface area contributed by atoms with Gasteiger partial charge in [-0.3, -0.25) is 13.9 Å². The third-order valence-corrected chi connectivity index (χ3v) is 5.97. The summed E-state index contributed by atoms with van der Waals surface area (Å²) in [4.78, 5) is 33.5. The summed E-state index contributed by atoms with van der Waals surface area (Å²) in [5.74, 6) is 1.03. The number of rotatable bonds is 3. The second-order valence-corrected chi connectivity index (χ2v) is 8.46. The maximum absolute atomic E-state index is 13.5. The Labute approximate surface area is 179 Å². The molecule has 0 fully saturated rings. The van der Waals surface area contributed by atoms with Gasteiger partial charge in [0.25, 0.3) is 5.56 Å². The van der Waals surface area contributed by atoms with E-state index in [-0.39, 0.29) is 17.8 Å². The number of nitrogens with zero attached hydrogens (tertiary/aromatic N) is 5. The van der Waals surface area contributed by atoms with E-state index in [1.807, 2.05) is 66.1 Å². The van der Waals surface area contributed by atoms with Crippen molar-refractivity contribution in [1.29, 1.82) is 0 Å². The molecule has 1 atom stereocenters. The van der Waals surface area contributed by atoms with Gasteiger partial charge in [0.1, 0.15) is 0 Å². The topological polar surface area (TPSA) is 65.1 Å². The maximum atomic E-state index is 13.5. The quantitative estimate of drug-likeness (QED) is 0.516. The van der Waals surface area contributed by atoms with E-state index in [4.69, 9.17) is 4.98 Å². The van der Waals surface area contributed by atoms with Gasteiger partial charge in [-0.05, 0) is 30.5 Å². The lowest BCUT2D eigenvalue weighted by Gasteiger charge is -2.32. The van der Waals surface area contributed by atoms with Crippen molar-refractivity contribution in [1.82, 2.24) is 18.7 Å². The molecule has 2 aromatic carbocycles. The number of hydrogen-bond acceptors (Lipinski definition) is 4. The summed E-state index contributed by atoms with van der Waals surface area (Å²) >= 11 is 0. The van der Waals surface area contributed by atoms with Gasteiger partial charge in [-0.2, -0.15) is 4.98 Å². The van der Waals surface area contributed by atoms with Gasteiger partial charge in [0, 0.05) is 25.8 Å². The lowest BCUT2D eigenvalue weighted by atomic mass is 10.1. The molecule has 0 saturated heterocycles. The zero-order valence-electron chi connectivity index (χ0n) is 17.9. The van der Waals surface area contributed by atoms with Gasteiger partial charge in [0.15, 0.2) is 11.2 Å². The minimum atomic E-state index is -0.354. The molecule has 4 aromatic rings. The zero-order chi connectivity index (χ0) is 21.7. The molecule has 7 nitrogen and oxygen atoms in total. The summed E-state index contributed by atoms with van der Waals surface area (Å²) in [6.07, 6.45) is 0. The van der Waals surface area contributed by atoms with Gasteiger partial charge >= 0.3 is 5.69 Å². The molecule has 0 spiro atoms. The van der Waals surface area contributed by atoms with Crippen LogP contribution >= 0.6 is 0 Å². The van der Waals surface area contributed by atoms with E-state index in [2.05, 4.69) is 11.8 Å². The molecule has 1 unspecified atom stereocenters.